The van der Waals surface area contributed by atoms with Crippen molar-refractivity contribution in [3.8, 4) is 0 Å². The summed E-state index contributed by atoms with van der Waals surface area (Å²) in [4.78, 5) is 4.63. The first-order chi connectivity index (χ1) is 8.29. The lowest BCUT2D eigenvalue weighted by Crippen LogP contribution is -2.07. The highest BCUT2D eigenvalue weighted by Gasteiger charge is 2.11. The molecule has 1 heterocycles. The Kier molecular flexibility index (Phi) is 4.86. The van der Waals surface area contributed by atoms with Gasteiger partial charge in [-0.15, -0.1) is 11.8 Å². The van der Waals surface area contributed by atoms with Crippen LogP contribution in [0.3, 0.4) is 0 Å². The molecule has 1 atom stereocenters. The molecule has 1 unspecified atom stereocenters. The zero-order chi connectivity index (χ0) is 12.1. The summed E-state index contributed by atoms with van der Waals surface area (Å²) in [6.07, 6.45) is 5.64. The molecule has 0 saturated heterocycles. The van der Waals surface area contributed by atoms with Crippen LogP contribution in [0.2, 0.25) is 0 Å². The second-order valence-corrected chi connectivity index (χ2v) is 6.08. The first-order valence-corrected chi connectivity index (χ1v) is 7.68. The van der Waals surface area contributed by atoms with E-state index >= 15 is 0 Å². The molecule has 0 saturated carbocycles. The molecule has 0 fully saturated rings. The van der Waals surface area contributed by atoms with Gasteiger partial charge in [-0.2, -0.15) is 0 Å². The Bertz CT molecular complexity index is 422. The minimum absolute atomic E-state index is 0.439. The van der Waals surface area contributed by atoms with Crippen molar-refractivity contribution in [2.24, 2.45) is 4.99 Å². The van der Waals surface area contributed by atoms with Crippen LogP contribution in [0, 0.1) is 0 Å². The van der Waals surface area contributed by atoms with Crippen molar-refractivity contribution in [3.05, 3.63) is 46.5 Å². The third-order valence-corrected chi connectivity index (χ3v) is 4.37. The van der Waals surface area contributed by atoms with Gasteiger partial charge in [0.05, 0.1) is 11.6 Å². The number of hydrogen-bond donors (Lipinski definition) is 0. The van der Waals surface area contributed by atoms with Gasteiger partial charge in [0.1, 0.15) is 0 Å². The SMILES string of the molecule is CCCSC1=NCC(c2ccc(Br)cc2)C=C1. The second kappa shape index (κ2) is 6.41. The Morgan fingerprint density at radius 1 is 1.35 bits per heavy atom. The third kappa shape index (κ3) is 3.71. The van der Waals surface area contributed by atoms with E-state index in [9.17, 15) is 0 Å². The van der Waals surface area contributed by atoms with Crippen molar-refractivity contribution in [2.45, 2.75) is 19.3 Å². The largest absolute Gasteiger partial charge is 0.277 e. The van der Waals surface area contributed by atoms with Crippen LogP contribution in [0.15, 0.2) is 45.9 Å². The predicted molar refractivity (Wildman–Crippen MR) is 81.1 cm³/mol. The van der Waals surface area contributed by atoms with Gasteiger partial charge in [0.2, 0.25) is 0 Å². The van der Waals surface area contributed by atoms with Crippen LogP contribution in [-0.2, 0) is 0 Å². The molecule has 1 aliphatic rings. The van der Waals surface area contributed by atoms with Crippen molar-refractivity contribution in [1.82, 2.24) is 0 Å². The fraction of sp³-hybridized carbons (Fsp3) is 0.357. The van der Waals surface area contributed by atoms with Gasteiger partial charge in [-0.3, -0.25) is 4.99 Å². The van der Waals surface area contributed by atoms with Crippen molar-refractivity contribution in [2.75, 3.05) is 12.3 Å². The fourth-order valence-corrected chi connectivity index (χ4v) is 2.75. The average Bonchev–Trinajstić information content (AvgIpc) is 2.38. The Balaban J connectivity index is 1.97. The van der Waals surface area contributed by atoms with Gasteiger partial charge in [0.25, 0.3) is 0 Å². The van der Waals surface area contributed by atoms with Gasteiger partial charge in [-0.25, -0.2) is 0 Å². The number of halogens is 1. The van der Waals surface area contributed by atoms with Crippen molar-refractivity contribution >= 4 is 32.7 Å². The van der Waals surface area contributed by atoms with Crippen LogP contribution < -0.4 is 0 Å². The van der Waals surface area contributed by atoms with Crippen LogP contribution in [0.5, 0.6) is 0 Å². The molecule has 0 bridgehead atoms. The quantitative estimate of drug-likeness (QED) is 0.792. The van der Waals surface area contributed by atoms with Gasteiger partial charge >= 0.3 is 0 Å². The molecular formula is C14H16BrNS. The maximum Gasteiger partial charge on any atom is 0.0901 e. The predicted octanol–water partition coefficient (Wildman–Crippen LogP) is 4.64. The van der Waals surface area contributed by atoms with Gasteiger partial charge in [-0.05, 0) is 35.9 Å². The number of dihydropyridines is 1. The number of hydrogen-bond acceptors (Lipinski definition) is 2. The number of thioether (sulfide) groups is 1. The molecule has 0 amide bonds. The molecule has 1 aromatic rings. The average molecular weight is 310 g/mol. The van der Waals surface area contributed by atoms with Gasteiger partial charge in [-0.1, -0.05) is 41.1 Å². The lowest BCUT2D eigenvalue weighted by Gasteiger charge is -2.15. The van der Waals surface area contributed by atoms with Gasteiger partial charge in [0, 0.05) is 10.4 Å². The molecular weight excluding hydrogens is 294 g/mol. The zero-order valence-corrected chi connectivity index (χ0v) is 12.3. The molecule has 0 spiro atoms. The van der Waals surface area contributed by atoms with E-state index < -0.39 is 0 Å². The normalized spacial score (nSPS) is 19.2. The Hall–Kier alpha value is -0.540. The van der Waals surface area contributed by atoms with Gasteiger partial charge in [0.15, 0.2) is 0 Å². The number of nitrogens with zero attached hydrogens (tertiary/aromatic N) is 1. The van der Waals surface area contributed by atoms with Crippen LogP contribution >= 0.6 is 27.7 Å². The molecule has 0 aliphatic carbocycles. The van der Waals surface area contributed by atoms with E-state index in [0.29, 0.717) is 5.92 Å². The lowest BCUT2D eigenvalue weighted by molar-refractivity contribution is 0.844. The van der Waals surface area contributed by atoms with Gasteiger partial charge < -0.3 is 0 Å². The van der Waals surface area contributed by atoms with Crippen LogP contribution in [0.25, 0.3) is 0 Å². The summed E-state index contributed by atoms with van der Waals surface area (Å²) in [7, 11) is 0. The summed E-state index contributed by atoms with van der Waals surface area (Å²) in [5.41, 5.74) is 1.34. The maximum absolute atomic E-state index is 4.63. The van der Waals surface area contributed by atoms with Crippen molar-refractivity contribution in [1.29, 1.82) is 0 Å². The molecule has 2 rings (SSSR count). The maximum atomic E-state index is 4.63. The summed E-state index contributed by atoms with van der Waals surface area (Å²) in [6.45, 7) is 3.08. The van der Waals surface area contributed by atoms with E-state index in [-0.39, 0.29) is 0 Å². The number of benzene rings is 1. The molecule has 0 N–H and O–H groups in total. The molecule has 0 aromatic heterocycles. The highest BCUT2D eigenvalue weighted by atomic mass is 79.9. The zero-order valence-electron chi connectivity index (χ0n) is 9.90. The summed E-state index contributed by atoms with van der Waals surface area (Å²) < 4.78 is 1.13. The standard InChI is InChI=1S/C14H16BrNS/c1-2-9-17-14-8-5-12(10-16-14)11-3-6-13(15)7-4-11/h3-8,12H,2,9-10H2,1H3. The minimum Gasteiger partial charge on any atom is -0.277 e. The summed E-state index contributed by atoms with van der Waals surface area (Å²) in [5, 5.41) is 1.18. The third-order valence-electron chi connectivity index (χ3n) is 2.67. The smallest absolute Gasteiger partial charge is 0.0901 e. The molecule has 1 aromatic carbocycles. The second-order valence-electron chi connectivity index (χ2n) is 4.04. The number of aliphatic imine (C=N–C) groups is 1. The van der Waals surface area contributed by atoms with E-state index in [4.69, 9.17) is 0 Å². The monoisotopic (exact) mass is 309 g/mol. The fourth-order valence-electron chi connectivity index (χ4n) is 1.73. The molecule has 90 valence electrons. The highest BCUT2D eigenvalue weighted by molar-refractivity contribution is 9.10. The van der Waals surface area contributed by atoms with Crippen LogP contribution in [-0.4, -0.2) is 17.3 Å². The Labute approximate surface area is 116 Å². The van der Waals surface area contributed by atoms with E-state index in [1.165, 1.54) is 17.0 Å². The van der Waals surface area contributed by atoms with Crippen molar-refractivity contribution in [3.63, 3.8) is 0 Å². The van der Waals surface area contributed by atoms with Crippen molar-refractivity contribution < 1.29 is 0 Å². The van der Waals surface area contributed by atoms with E-state index in [2.05, 4.69) is 64.3 Å². The van der Waals surface area contributed by atoms with Crippen LogP contribution in [0.4, 0.5) is 0 Å². The summed E-state index contributed by atoms with van der Waals surface area (Å²) >= 11 is 5.31. The van der Waals surface area contributed by atoms with Crippen LogP contribution in [0.1, 0.15) is 24.8 Å². The Morgan fingerprint density at radius 3 is 2.71 bits per heavy atom. The highest BCUT2D eigenvalue weighted by Crippen LogP contribution is 2.24. The molecule has 0 radical (unpaired) electrons. The minimum atomic E-state index is 0.439. The summed E-state index contributed by atoms with van der Waals surface area (Å²) in [5.74, 6) is 1.60. The molecule has 1 nitrogen and oxygen atoms in total. The van der Waals surface area contributed by atoms with E-state index in [1.54, 1.807) is 0 Å². The van der Waals surface area contributed by atoms with E-state index in [1.807, 2.05) is 11.8 Å². The summed E-state index contributed by atoms with van der Waals surface area (Å²) in [6, 6.07) is 8.51. The topological polar surface area (TPSA) is 12.4 Å². The van der Waals surface area contributed by atoms with E-state index in [0.717, 1.165) is 16.8 Å². The lowest BCUT2D eigenvalue weighted by atomic mass is 9.98. The first kappa shape index (κ1) is 12.9. The molecule has 3 heteroatoms. The first-order valence-electron chi connectivity index (χ1n) is 5.90. The molecule has 17 heavy (non-hydrogen) atoms. The molecule has 1 aliphatic heterocycles. The Morgan fingerprint density at radius 2 is 2.12 bits per heavy atom. The number of rotatable bonds is 3.